The molecule has 0 aliphatic heterocycles. The Bertz CT molecular complexity index is 653. The summed E-state index contributed by atoms with van der Waals surface area (Å²) < 4.78 is 5.42. The number of nitrogens with zero attached hydrogens (tertiary/aromatic N) is 2. The monoisotopic (exact) mass is 280 g/mol. The fourth-order valence-electron chi connectivity index (χ4n) is 1.75. The third-order valence-electron chi connectivity index (χ3n) is 3.06. The Kier molecular flexibility index (Phi) is 4.57. The molecule has 0 aromatic heterocycles. The lowest BCUT2D eigenvalue weighted by Crippen LogP contribution is -2.27. The van der Waals surface area contributed by atoms with Crippen molar-refractivity contribution < 1.29 is 9.53 Å². The van der Waals surface area contributed by atoms with E-state index in [0.29, 0.717) is 11.3 Å². The first kappa shape index (κ1) is 14.6. The molecule has 0 atom stereocenters. The highest BCUT2D eigenvalue weighted by Crippen LogP contribution is 2.22. The molecule has 4 nitrogen and oxygen atoms in total. The number of nitriles is 1. The molecule has 2 aromatic rings. The summed E-state index contributed by atoms with van der Waals surface area (Å²) >= 11 is 0. The molecule has 4 heteroatoms. The molecule has 0 aliphatic rings. The van der Waals surface area contributed by atoms with Gasteiger partial charge in [0.05, 0.1) is 11.6 Å². The first-order chi connectivity index (χ1) is 10.1. The van der Waals surface area contributed by atoms with Crippen LogP contribution in [-0.2, 0) is 4.79 Å². The number of amides is 1. The minimum absolute atomic E-state index is 0.0310. The van der Waals surface area contributed by atoms with Gasteiger partial charge in [0.15, 0.2) is 6.61 Å². The summed E-state index contributed by atoms with van der Waals surface area (Å²) in [7, 11) is 3.39. The molecule has 1 amide bonds. The fraction of sp³-hybridized carbons (Fsp3) is 0.176. The van der Waals surface area contributed by atoms with Crippen LogP contribution < -0.4 is 4.74 Å². The molecule has 0 bridgehead atoms. The molecule has 0 heterocycles. The molecule has 0 spiro atoms. The van der Waals surface area contributed by atoms with Crippen molar-refractivity contribution in [1.29, 1.82) is 5.26 Å². The predicted molar refractivity (Wildman–Crippen MR) is 80.8 cm³/mol. The van der Waals surface area contributed by atoms with E-state index in [1.807, 2.05) is 36.4 Å². The van der Waals surface area contributed by atoms with E-state index >= 15 is 0 Å². The number of likely N-dealkylation sites (N-methyl/N-ethyl adjacent to an activating group) is 1. The van der Waals surface area contributed by atoms with Crippen LogP contribution in [0.25, 0.3) is 11.1 Å². The number of carbonyl (C=O) groups excluding carboxylic acids is 1. The lowest BCUT2D eigenvalue weighted by Gasteiger charge is -2.11. The van der Waals surface area contributed by atoms with Crippen molar-refractivity contribution in [2.75, 3.05) is 20.7 Å². The maximum absolute atomic E-state index is 11.4. The van der Waals surface area contributed by atoms with E-state index in [1.54, 1.807) is 26.2 Å². The van der Waals surface area contributed by atoms with Gasteiger partial charge in [-0.2, -0.15) is 5.26 Å². The molecule has 2 rings (SSSR count). The van der Waals surface area contributed by atoms with E-state index in [-0.39, 0.29) is 12.5 Å². The van der Waals surface area contributed by atoms with Crippen molar-refractivity contribution in [3.63, 3.8) is 0 Å². The third kappa shape index (κ3) is 3.83. The highest BCUT2D eigenvalue weighted by atomic mass is 16.5. The predicted octanol–water partition coefficient (Wildman–Crippen LogP) is 2.69. The summed E-state index contributed by atoms with van der Waals surface area (Å²) in [5.74, 6) is 0.578. The van der Waals surface area contributed by atoms with E-state index in [2.05, 4.69) is 6.07 Å². The van der Waals surface area contributed by atoms with Gasteiger partial charge in [-0.05, 0) is 35.4 Å². The minimum atomic E-state index is -0.0776. The molecule has 0 saturated carbocycles. The number of hydrogen-bond acceptors (Lipinski definition) is 3. The molecule has 106 valence electrons. The average molecular weight is 280 g/mol. The summed E-state index contributed by atoms with van der Waals surface area (Å²) in [6, 6.07) is 17.0. The molecule has 0 fully saturated rings. The molecule has 0 unspecified atom stereocenters. The van der Waals surface area contributed by atoms with Crippen molar-refractivity contribution in [2.45, 2.75) is 0 Å². The van der Waals surface area contributed by atoms with Crippen LogP contribution >= 0.6 is 0 Å². The van der Waals surface area contributed by atoms with Gasteiger partial charge in [0, 0.05) is 14.1 Å². The quantitative estimate of drug-likeness (QED) is 0.865. The lowest BCUT2D eigenvalue weighted by molar-refractivity contribution is -0.130. The lowest BCUT2D eigenvalue weighted by atomic mass is 10.0. The van der Waals surface area contributed by atoms with Crippen LogP contribution in [0.2, 0.25) is 0 Å². The van der Waals surface area contributed by atoms with Gasteiger partial charge in [0.1, 0.15) is 5.75 Å². The Balaban J connectivity index is 2.04. The standard InChI is InChI=1S/C17H16N2O2/c1-19(2)17(20)12-21-16-9-7-15(8-10-16)14-5-3-13(11-18)4-6-14/h3-10H,12H2,1-2H3. The molecule has 0 radical (unpaired) electrons. The van der Waals surface area contributed by atoms with Crippen LogP contribution in [0.1, 0.15) is 5.56 Å². The Hall–Kier alpha value is -2.80. The Labute approximate surface area is 124 Å². The van der Waals surface area contributed by atoms with Crippen molar-refractivity contribution in [3.05, 3.63) is 54.1 Å². The van der Waals surface area contributed by atoms with Crippen molar-refractivity contribution in [2.24, 2.45) is 0 Å². The summed E-state index contributed by atoms with van der Waals surface area (Å²) in [5.41, 5.74) is 2.71. The van der Waals surface area contributed by atoms with Crippen LogP contribution in [0.4, 0.5) is 0 Å². The summed E-state index contributed by atoms with van der Waals surface area (Å²) in [6.45, 7) is 0.0310. The normalized spacial score (nSPS) is 9.76. The van der Waals surface area contributed by atoms with Gasteiger partial charge in [-0.15, -0.1) is 0 Å². The maximum atomic E-state index is 11.4. The smallest absolute Gasteiger partial charge is 0.259 e. The minimum Gasteiger partial charge on any atom is -0.484 e. The summed E-state index contributed by atoms with van der Waals surface area (Å²) in [6.07, 6.45) is 0. The second kappa shape index (κ2) is 6.58. The fourth-order valence-corrected chi connectivity index (χ4v) is 1.75. The van der Waals surface area contributed by atoms with Gasteiger partial charge >= 0.3 is 0 Å². The molecule has 21 heavy (non-hydrogen) atoms. The van der Waals surface area contributed by atoms with Crippen LogP contribution in [0.15, 0.2) is 48.5 Å². The molecule has 2 aromatic carbocycles. The number of hydrogen-bond donors (Lipinski definition) is 0. The maximum Gasteiger partial charge on any atom is 0.259 e. The van der Waals surface area contributed by atoms with Crippen molar-refractivity contribution in [1.82, 2.24) is 4.90 Å². The zero-order valence-electron chi connectivity index (χ0n) is 12.0. The average Bonchev–Trinajstić information content (AvgIpc) is 2.53. The van der Waals surface area contributed by atoms with E-state index in [4.69, 9.17) is 10.00 Å². The number of rotatable bonds is 4. The van der Waals surface area contributed by atoms with Gasteiger partial charge in [-0.1, -0.05) is 24.3 Å². The van der Waals surface area contributed by atoms with Gasteiger partial charge in [0.2, 0.25) is 0 Å². The largest absolute Gasteiger partial charge is 0.484 e. The SMILES string of the molecule is CN(C)C(=O)COc1ccc(-c2ccc(C#N)cc2)cc1. The Morgan fingerprint density at radius 2 is 1.57 bits per heavy atom. The Morgan fingerprint density at radius 1 is 1.05 bits per heavy atom. The van der Waals surface area contributed by atoms with Gasteiger partial charge in [-0.25, -0.2) is 0 Å². The highest BCUT2D eigenvalue weighted by molar-refractivity contribution is 5.77. The first-order valence-corrected chi connectivity index (χ1v) is 6.53. The van der Waals surface area contributed by atoms with E-state index in [0.717, 1.165) is 11.1 Å². The molecular weight excluding hydrogens is 264 g/mol. The van der Waals surface area contributed by atoms with Crippen LogP contribution in [0.3, 0.4) is 0 Å². The summed E-state index contributed by atoms with van der Waals surface area (Å²) in [5, 5.41) is 8.78. The molecule has 0 saturated heterocycles. The van der Waals surface area contributed by atoms with E-state index in [9.17, 15) is 4.79 Å². The molecule has 0 N–H and O–H groups in total. The third-order valence-corrected chi connectivity index (χ3v) is 3.06. The topological polar surface area (TPSA) is 53.3 Å². The second-order valence-corrected chi connectivity index (χ2v) is 4.79. The van der Waals surface area contributed by atoms with Crippen LogP contribution in [-0.4, -0.2) is 31.5 Å². The highest BCUT2D eigenvalue weighted by Gasteiger charge is 2.05. The van der Waals surface area contributed by atoms with E-state index < -0.39 is 0 Å². The Morgan fingerprint density at radius 3 is 2.05 bits per heavy atom. The van der Waals surface area contributed by atoms with Gasteiger partial charge in [0.25, 0.3) is 5.91 Å². The van der Waals surface area contributed by atoms with Gasteiger partial charge in [-0.3, -0.25) is 4.79 Å². The zero-order chi connectivity index (χ0) is 15.2. The molecule has 0 aliphatic carbocycles. The second-order valence-electron chi connectivity index (χ2n) is 4.79. The van der Waals surface area contributed by atoms with E-state index in [1.165, 1.54) is 4.90 Å². The number of ether oxygens (including phenoxy) is 1. The van der Waals surface area contributed by atoms with Crippen molar-refractivity contribution >= 4 is 5.91 Å². The zero-order valence-corrected chi connectivity index (χ0v) is 12.0. The number of carbonyl (C=O) groups is 1. The van der Waals surface area contributed by atoms with Crippen molar-refractivity contribution in [3.8, 4) is 22.9 Å². The van der Waals surface area contributed by atoms with Crippen LogP contribution in [0, 0.1) is 11.3 Å². The first-order valence-electron chi connectivity index (χ1n) is 6.53. The summed E-state index contributed by atoms with van der Waals surface area (Å²) in [4.78, 5) is 12.9. The molecular formula is C17H16N2O2. The van der Waals surface area contributed by atoms with Crippen LogP contribution in [0.5, 0.6) is 5.75 Å². The van der Waals surface area contributed by atoms with Gasteiger partial charge < -0.3 is 9.64 Å². The number of benzene rings is 2.